The third-order valence-electron chi connectivity index (χ3n) is 2.24. The van der Waals surface area contributed by atoms with Gasteiger partial charge in [-0.05, 0) is 28.1 Å². The Morgan fingerprint density at radius 1 is 1.36 bits per heavy atom. The van der Waals surface area contributed by atoms with Gasteiger partial charge in [0.1, 0.15) is 0 Å². The van der Waals surface area contributed by atoms with E-state index in [0.717, 1.165) is 21.2 Å². The van der Waals surface area contributed by atoms with Gasteiger partial charge in [-0.15, -0.1) is 0 Å². The molecular weight excluding hydrogens is 240 g/mol. The predicted molar refractivity (Wildman–Crippen MR) is 62.5 cm³/mol. The molecule has 0 spiro atoms. The lowest BCUT2D eigenvalue weighted by Crippen LogP contribution is -2.13. The second-order valence-corrected chi connectivity index (χ2v) is 5.33. The van der Waals surface area contributed by atoms with Crippen LogP contribution in [0, 0.1) is 0 Å². The number of halogens is 1. The van der Waals surface area contributed by atoms with Gasteiger partial charge < -0.3 is 4.98 Å². The Bertz CT molecular complexity index is 466. The summed E-state index contributed by atoms with van der Waals surface area (Å²) >= 11 is 3.55. The van der Waals surface area contributed by atoms with Crippen molar-refractivity contribution in [3.63, 3.8) is 0 Å². The lowest BCUT2D eigenvalue weighted by atomic mass is 9.91. The molecule has 0 bridgehead atoms. The average molecular weight is 253 g/mol. The van der Waals surface area contributed by atoms with Gasteiger partial charge in [-0.2, -0.15) is 0 Å². The van der Waals surface area contributed by atoms with Crippen LogP contribution in [0.15, 0.2) is 22.8 Å². The van der Waals surface area contributed by atoms with Crippen LogP contribution in [0.1, 0.15) is 26.5 Å². The Kier molecular flexibility index (Phi) is 2.14. The average Bonchev–Trinajstić information content (AvgIpc) is 2.50. The largest absolute Gasteiger partial charge is 0.359 e. The van der Waals surface area contributed by atoms with Crippen LogP contribution in [0.5, 0.6) is 0 Å². The molecule has 0 saturated heterocycles. The van der Waals surface area contributed by atoms with Crippen LogP contribution in [0.25, 0.3) is 11.0 Å². The minimum Gasteiger partial charge on any atom is -0.359 e. The van der Waals surface area contributed by atoms with Crippen LogP contribution in [0.2, 0.25) is 0 Å². The van der Waals surface area contributed by atoms with Gasteiger partial charge in [0.2, 0.25) is 0 Å². The highest BCUT2D eigenvalue weighted by atomic mass is 79.9. The van der Waals surface area contributed by atoms with Gasteiger partial charge in [-0.25, -0.2) is 0 Å². The molecule has 0 unspecified atom stereocenters. The molecule has 0 radical (unpaired) electrons. The summed E-state index contributed by atoms with van der Waals surface area (Å²) in [7, 11) is 0. The third-order valence-corrected chi connectivity index (χ3v) is 2.86. The van der Waals surface area contributed by atoms with E-state index in [1.165, 1.54) is 0 Å². The first-order chi connectivity index (χ1) is 6.48. The number of aromatic nitrogens is 2. The molecule has 0 aliphatic carbocycles. The van der Waals surface area contributed by atoms with E-state index in [-0.39, 0.29) is 5.41 Å². The monoisotopic (exact) mass is 252 g/mol. The number of aromatic amines is 1. The van der Waals surface area contributed by atoms with E-state index in [1.807, 2.05) is 12.3 Å². The minimum absolute atomic E-state index is 0.0912. The third kappa shape index (κ3) is 1.57. The second-order valence-electron chi connectivity index (χ2n) is 4.48. The summed E-state index contributed by atoms with van der Waals surface area (Å²) in [6, 6.07) is 4.08. The van der Waals surface area contributed by atoms with Gasteiger partial charge in [-0.3, -0.25) is 4.98 Å². The highest BCUT2D eigenvalue weighted by Crippen LogP contribution is 2.28. The highest BCUT2D eigenvalue weighted by Gasteiger charge is 2.17. The van der Waals surface area contributed by atoms with Crippen LogP contribution in [-0.2, 0) is 5.41 Å². The fraction of sp³-hybridized carbons (Fsp3) is 0.364. The number of fused-ring (bicyclic) bond motifs is 1. The first-order valence-corrected chi connectivity index (χ1v) is 5.42. The van der Waals surface area contributed by atoms with Crippen molar-refractivity contribution < 1.29 is 0 Å². The van der Waals surface area contributed by atoms with Crippen molar-refractivity contribution in [2.24, 2.45) is 0 Å². The molecule has 2 aromatic heterocycles. The molecule has 74 valence electrons. The zero-order valence-electron chi connectivity index (χ0n) is 8.56. The van der Waals surface area contributed by atoms with E-state index in [4.69, 9.17) is 0 Å². The van der Waals surface area contributed by atoms with Crippen LogP contribution < -0.4 is 0 Å². The molecule has 3 heteroatoms. The lowest BCUT2D eigenvalue weighted by Gasteiger charge is -2.17. The normalized spacial score (nSPS) is 12.3. The molecule has 0 aromatic carbocycles. The first kappa shape index (κ1) is 9.71. The minimum atomic E-state index is 0.0912. The molecule has 0 saturated carbocycles. The maximum Gasteiger partial charge on any atom is 0.0894 e. The fourth-order valence-electron chi connectivity index (χ4n) is 1.38. The number of hydrogen-bond donors (Lipinski definition) is 1. The number of nitrogens with one attached hydrogen (secondary N) is 1. The summed E-state index contributed by atoms with van der Waals surface area (Å²) in [4.78, 5) is 7.76. The van der Waals surface area contributed by atoms with Crippen molar-refractivity contribution >= 4 is 27.0 Å². The van der Waals surface area contributed by atoms with E-state index < -0.39 is 0 Å². The zero-order valence-corrected chi connectivity index (χ0v) is 10.1. The van der Waals surface area contributed by atoms with Gasteiger partial charge in [0.05, 0.1) is 11.0 Å². The van der Waals surface area contributed by atoms with Crippen LogP contribution in [-0.4, -0.2) is 9.97 Å². The molecule has 0 atom stereocenters. The van der Waals surface area contributed by atoms with Crippen molar-refractivity contribution in [2.75, 3.05) is 0 Å². The number of H-pyrrole nitrogens is 1. The van der Waals surface area contributed by atoms with E-state index >= 15 is 0 Å². The topological polar surface area (TPSA) is 28.7 Å². The molecule has 2 rings (SSSR count). The molecule has 1 N–H and O–H groups in total. The Morgan fingerprint density at radius 2 is 2.07 bits per heavy atom. The molecule has 2 heterocycles. The number of rotatable bonds is 0. The van der Waals surface area contributed by atoms with Crippen molar-refractivity contribution in [2.45, 2.75) is 26.2 Å². The van der Waals surface area contributed by atoms with Gasteiger partial charge in [0, 0.05) is 21.8 Å². The van der Waals surface area contributed by atoms with Crippen LogP contribution in [0.3, 0.4) is 0 Å². The van der Waals surface area contributed by atoms with Gasteiger partial charge >= 0.3 is 0 Å². The summed E-state index contributed by atoms with van der Waals surface area (Å²) in [5, 5.41) is 0. The Hall–Kier alpha value is -0.830. The van der Waals surface area contributed by atoms with Gasteiger partial charge in [0.25, 0.3) is 0 Å². The Labute approximate surface area is 91.9 Å². The van der Waals surface area contributed by atoms with Gasteiger partial charge in [-0.1, -0.05) is 20.8 Å². The maximum atomic E-state index is 4.61. The molecule has 0 aliphatic heterocycles. The summed E-state index contributed by atoms with van der Waals surface area (Å²) in [6.45, 7) is 6.50. The second kappa shape index (κ2) is 3.09. The van der Waals surface area contributed by atoms with Crippen LogP contribution >= 0.6 is 15.9 Å². The van der Waals surface area contributed by atoms with Crippen molar-refractivity contribution in [3.05, 3.63) is 28.5 Å². The van der Waals surface area contributed by atoms with Crippen molar-refractivity contribution in [1.82, 2.24) is 9.97 Å². The number of hydrogen-bond acceptors (Lipinski definition) is 1. The summed E-state index contributed by atoms with van der Waals surface area (Å²) in [5.41, 5.74) is 3.28. The van der Waals surface area contributed by atoms with Crippen molar-refractivity contribution in [1.29, 1.82) is 0 Å². The molecular formula is C11H13BrN2. The summed E-state index contributed by atoms with van der Waals surface area (Å²) in [6.07, 6.45) is 1.91. The Morgan fingerprint density at radius 3 is 2.71 bits per heavy atom. The molecule has 14 heavy (non-hydrogen) atoms. The maximum absolute atomic E-state index is 4.61. The Balaban J connectivity index is 2.70. The molecule has 2 nitrogen and oxygen atoms in total. The fourth-order valence-corrected chi connectivity index (χ4v) is 1.92. The predicted octanol–water partition coefficient (Wildman–Crippen LogP) is 3.62. The molecule has 0 fully saturated rings. The van der Waals surface area contributed by atoms with E-state index in [0.29, 0.717) is 0 Å². The highest BCUT2D eigenvalue weighted by molar-refractivity contribution is 9.10. The van der Waals surface area contributed by atoms with Crippen LogP contribution in [0.4, 0.5) is 0 Å². The number of nitrogens with zero attached hydrogens (tertiary/aromatic N) is 1. The van der Waals surface area contributed by atoms with Gasteiger partial charge in [0.15, 0.2) is 0 Å². The van der Waals surface area contributed by atoms with E-state index in [9.17, 15) is 0 Å². The summed E-state index contributed by atoms with van der Waals surface area (Å²) in [5.74, 6) is 0. The quantitative estimate of drug-likeness (QED) is 0.763. The summed E-state index contributed by atoms with van der Waals surface area (Å²) < 4.78 is 1.08. The van der Waals surface area contributed by atoms with E-state index in [1.54, 1.807) is 0 Å². The van der Waals surface area contributed by atoms with E-state index in [2.05, 4.69) is 52.7 Å². The molecule has 2 aromatic rings. The molecule has 0 aliphatic rings. The number of pyridine rings is 1. The SMILES string of the molecule is CC(C)(C)c1cc(Br)c2[nH]ccc2n1. The smallest absolute Gasteiger partial charge is 0.0894 e. The lowest BCUT2D eigenvalue weighted by molar-refractivity contribution is 0.571. The standard InChI is InChI=1S/C11H13BrN2/c1-11(2,3)9-6-7(12)10-8(14-9)4-5-13-10/h4-6,13H,1-3H3. The zero-order chi connectivity index (χ0) is 10.3. The van der Waals surface area contributed by atoms with Crippen molar-refractivity contribution in [3.8, 4) is 0 Å². The first-order valence-electron chi connectivity index (χ1n) is 4.62. The molecule has 0 amide bonds.